The zero-order chi connectivity index (χ0) is 15.1. The predicted molar refractivity (Wildman–Crippen MR) is 77.0 cm³/mol. The van der Waals surface area contributed by atoms with E-state index in [0.29, 0.717) is 6.42 Å². The highest BCUT2D eigenvalue weighted by molar-refractivity contribution is 7.07. The Hall–Kier alpha value is -1.14. The molecule has 0 radical (unpaired) electrons. The van der Waals surface area contributed by atoms with Gasteiger partial charge < -0.3 is 9.47 Å². The van der Waals surface area contributed by atoms with Gasteiger partial charge in [0.2, 0.25) is 0 Å². The van der Waals surface area contributed by atoms with Gasteiger partial charge in [-0.05, 0) is 13.8 Å². The van der Waals surface area contributed by atoms with Crippen molar-refractivity contribution in [1.29, 1.82) is 0 Å². The zero-order valence-electron chi connectivity index (χ0n) is 12.6. The number of esters is 1. The van der Waals surface area contributed by atoms with Gasteiger partial charge in [-0.3, -0.25) is 14.2 Å². The molecule has 0 spiro atoms. The molecule has 1 aliphatic rings. The van der Waals surface area contributed by atoms with Crippen LogP contribution in [0.3, 0.4) is 0 Å². The van der Waals surface area contributed by atoms with E-state index in [0.717, 1.165) is 17.0 Å². The van der Waals surface area contributed by atoms with Gasteiger partial charge in [0.25, 0.3) is 0 Å². The maximum absolute atomic E-state index is 12.0. The van der Waals surface area contributed by atoms with Crippen LogP contribution in [0.2, 0.25) is 0 Å². The molecule has 0 amide bonds. The summed E-state index contributed by atoms with van der Waals surface area (Å²) >= 11 is 1.09. The predicted octanol–water partition coefficient (Wildman–Crippen LogP) is 1.97. The third kappa shape index (κ3) is 2.31. The topological polar surface area (TPSA) is 57.5 Å². The van der Waals surface area contributed by atoms with E-state index in [2.05, 4.69) is 0 Å². The van der Waals surface area contributed by atoms with Crippen molar-refractivity contribution < 1.29 is 14.3 Å². The number of nitrogens with zero attached hydrogens (tertiary/aromatic N) is 1. The zero-order valence-corrected chi connectivity index (χ0v) is 13.4. The molecule has 0 N–H and O–H groups in total. The summed E-state index contributed by atoms with van der Waals surface area (Å²) in [5.74, 6) is -0.371. The third-order valence-corrected chi connectivity index (χ3v) is 5.61. The van der Waals surface area contributed by atoms with E-state index in [9.17, 15) is 9.59 Å². The van der Waals surface area contributed by atoms with Crippen molar-refractivity contribution in [2.45, 2.75) is 52.4 Å². The van der Waals surface area contributed by atoms with E-state index in [1.165, 1.54) is 4.57 Å². The van der Waals surface area contributed by atoms with Gasteiger partial charge in [0.1, 0.15) is 12.6 Å². The number of ether oxygens (including phenoxy) is 2. The molecule has 1 aromatic rings. The first kappa shape index (κ1) is 15.3. The van der Waals surface area contributed by atoms with Gasteiger partial charge in [0, 0.05) is 30.0 Å². The van der Waals surface area contributed by atoms with Crippen molar-refractivity contribution in [3.05, 3.63) is 20.7 Å². The van der Waals surface area contributed by atoms with Gasteiger partial charge >= 0.3 is 10.8 Å². The highest BCUT2D eigenvalue weighted by Crippen LogP contribution is 2.53. The van der Waals surface area contributed by atoms with Gasteiger partial charge in [-0.2, -0.15) is 0 Å². The fourth-order valence-corrected chi connectivity index (χ4v) is 3.27. The number of carbonyl (C=O) groups is 1. The fourth-order valence-electron chi connectivity index (χ4n) is 2.54. The average Bonchev–Trinajstić information content (AvgIpc) is 2.69. The second-order valence-electron chi connectivity index (χ2n) is 6.07. The Morgan fingerprint density at radius 1 is 1.50 bits per heavy atom. The number of methoxy groups -OCH3 is 1. The van der Waals surface area contributed by atoms with Crippen LogP contribution in [0.15, 0.2) is 10.2 Å². The Balaban J connectivity index is 1.99. The maximum Gasteiger partial charge on any atom is 0.326 e. The monoisotopic (exact) mass is 299 g/mol. The van der Waals surface area contributed by atoms with Crippen molar-refractivity contribution >= 4 is 17.3 Å². The molecule has 2 atom stereocenters. The third-order valence-electron chi connectivity index (χ3n) is 4.73. The van der Waals surface area contributed by atoms with E-state index in [4.69, 9.17) is 9.47 Å². The van der Waals surface area contributed by atoms with Crippen molar-refractivity contribution in [2.24, 2.45) is 5.41 Å². The van der Waals surface area contributed by atoms with Gasteiger partial charge in [-0.1, -0.05) is 25.2 Å². The largest absolute Gasteiger partial charge is 0.460 e. The number of hydrogen-bond donors (Lipinski definition) is 0. The van der Waals surface area contributed by atoms with Crippen LogP contribution in [0, 0.1) is 12.3 Å². The molecule has 112 valence electrons. The molecule has 0 saturated heterocycles. The number of aryl methyl sites for hydroxylation is 1. The summed E-state index contributed by atoms with van der Waals surface area (Å²) in [6.07, 6.45) is 0.509. The Bertz CT molecular complexity index is 574. The molecule has 1 aromatic heterocycles. The molecule has 2 rings (SSSR count). The summed E-state index contributed by atoms with van der Waals surface area (Å²) in [5.41, 5.74) is 0.283. The Kier molecular flexibility index (Phi) is 3.81. The van der Waals surface area contributed by atoms with Crippen LogP contribution < -0.4 is 4.87 Å². The standard InChI is InChI=1S/C14H21NO4S/c1-9-8-20-12(17)15(9)7-11(16)19-10-6-14(4,18-5)13(10,2)3/h8,10H,6-7H2,1-5H3. The van der Waals surface area contributed by atoms with Crippen LogP contribution >= 0.6 is 11.3 Å². The summed E-state index contributed by atoms with van der Waals surface area (Å²) in [4.78, 5) is 23.4. The molecule has 5 nitrogen and oxygen atoms in total. The van der Waals surface area contributed by atoms with E-state index in [1.807, 2.05) is 20.8 Å². The van der Waals surface area contributed by atoms with E-state index in [1.54, 1.807) is 19.4 Å². The van der Waals surface area contributed by atoms with Gasteiger partial charge in [-0.15, -0.1) is 0 Å². The molecule has 0 bridgehead atoms. The minimum atomic E-state index is -0.371. The SMILES string of the molecule is COC1(C)CC(OC(=O)Cn2c(C)csc2=O)C1(C)C. The van der Waals surface area contributed by atoms with Crippen molar-refractivity contribution in [1.82, 2.24) is 4.57 Å². The van der Waals surface area contributed by atoms with E-state index in [-0.39, 0.29) is 34.5 Å². The summed E-state index contributed by atoms with van der Waals surface area (Å²) in [7, 11) is 1.67. The van der Waals surface area contributed by atoms with Crippen LogP contribution in [0.25, 0.3) is 0 Å². The van der Waals surface area contributed by atoms with Crippen LogP contribution in [-0.4, -0.2) is 29.4 Å². The number of thiazole rings is 1. The number of aromatic nitrogens is 1. The lowest BCUT2D eigenvalue weighted by atomic mass is 9.57. The average molecular weight is 299 g/mol. The van der Waals surface area contributed by atoms with Crippen LogP contribution in [0.5, 0.6) is 0 Å². The van der Waals surface area contributed by atoms with Gasteiger partial charge in [0.05, 0.1) is 5.60 Å². The van der Waals surface area contributed by atoms with E-state index >= 15 is 0 Å². The first-order valence-electron chi connectivity index (χ1n) is 6.61. The quantitative estimate of drug-likeness (QED) is 0.798. The summed E-state index contributed by atoms with van der Waals surface area (Å²) in [6.45, 7) is 7.86. The van der Waals surface area contributed by atoms with Crippen molar-refractivity contribution in [3.63, 3.8) is 0 Å². The lowest BCUT2D eigenvalue weighted by Gasteiger charge is -2.57. The minimum absolute atomic E-state index is 0.0234. The van der Waals surface area contributed by atoms with Crippen LogP contribution in [0.1, 0.15) is 32.9 Å². The van der Waals surface area contributed by atoms with Crippen LogP contribution in [-0.2, 0) is 20.8 Å². The molecule has 20 heavy (non-hydrogen) atoms. The Morgan fingerprint density at radius 3 is 2.60 bits per heavy atom. The smallest absolute Gasteiger partial charge is 0.326 e. The molecule has 1 aliphatic carbocycles. The van der Waals surface area contributed by atoms with Crippen LogP contribution in [0.4, 0.5) is 0 Å². The summed E-state index contributed by atoms with van der Waals surface area (Å²) < 4.78 is 12.4. The normalized spacial score (nSPS) is 27.9. The summed E-state index contributed by atoms with van der Waals surface area (Å²) in [5, 5.41) is 1.74. The molecule has 1 fully saturated rings. The number of carbonyl (C=O) groups excluding carboxylic acids is 1. The Morgan fingerprint density at radius 2 is 2.15 bits per heavy atom. The maximum atomic E-state index is 12.0. The molecule has 1 heterocycles. The second-order valence-corrected chi connectivity index (χ2v) is 6.89. The number of hydrogen-bond acceptors (Lipinski definition) is 5. The second kappa shape index (κ2) is 5.00. The summed E-state index contributed by atoms with van der Waals surface area (Å²) in [6, 6.07) is 0. The fraction of sp³-hybridized carbons (Fsp3) is 0.714. The van der Waals surface area contributed by atoms with Crippen molar-refractivity contribution in [2.75, 3.05) is 7.11 Å². The molecule has 0 aliphatic heterocycles. The van der Waals surface area contributed by atoms with Crippen molar-refractivity contribution in [3.8, 4) is 0 Å². The van der Waals surface area contributed by atoms with Gasteiger partial charge in [-0.25, -0.2) is 0 Å². The molecule has 6 heteroatoms. The lowest BCUT2D eigenvalue weighted by Crippen LogP contribution is -2.64. The first-order chi connectivity index (χ1) is 9.21. The highest BCUT2D eigenvalue weighted by atomic mass is 32.1. The highest BCUT2D eigenvalue weighted by Gasteiger charge is 2.59. The minimum Gasteiger partial charge on any atom is -0.460 e. The molecule has 1 saturated carbocycles. The number of rotatable bonds is 4. The molecule has 2 unspecified atom stereocenters. The Labute approximate surface area is 122 Å². The molecule has 0 aromatic carbocycles. The lowest BCUT2D eigenvalue weighted by molar-refractivity contribution is -0.242. The van der Waals surface area contributed by atoms with E-state index < -0.39 is 0 Å². The van der Waals surface area contributed by atoms with Gasteiger partial charge in [0.15, 0.2) is 0 Å². The molecular formula is C14H21NO4S. The molecular weight excluding hydrogens is 278 g/mol. The first-order valence-corrected chi connectivity index (χ1v) is 7.49.